The SMILES string of the molecule is Cc1nn(Cc2ccccc2)c(C)c1CNC(=O)CNC(=O)c1cccc(S(=O)(=O)N(C)C)c1. The number of aromatic nitrogens is 2. The van der Waals surface area contributed by atoms with E-state index in [1.54, 1.807) is 0 Å². The minimum atomic E-state index is -3.66. The Morgan fingerprint density at radius 2 is 1.71 bits per heavy atom. The van der Waals surface area contributed by atoms with Gasteiger partial charge in [0.2, 0.25) is 15.9 Å². The fraction of sp³-hybridized carbons (Fsp3) is 0.292. The fourth-order valence-corrected chi connectivity index (χ4v) is 4.37. The Hall–Kier alpha value is -3.50. The summed E-state index contributed by atoms with van der Waals surface area (Å²) in [4.78, 5) is 24.8. The molecule has 0 aliphatic carbocycles. The van der Waals surface area contributed by atoms with Gasteiger partial charge in [-0.2, -0.15) is 5.10 Å². The third kappa shape index (κ3) is 5.89. The van der Waals surface area contributed by atoms with E-state index < -0.39 is 15.9 Å². The Labute approximate surface area is 199 Å². The highest BCUT2D eigenvalue weighted by Gasteiger charge is 2.19. The molecule has 0 unspecified atom stereocenters. The first-order chi connectivity index (χ1) is 16.1. The zero-order valence-corrected chi connectivity index (χ0v) is 20.5. The van der Waals surface area contributed by atoms with Crippen molar-refractivity contribution >= 4 is 21.8 Å². The van der Waals surface area contributed by atoms with Crippen molar-refractivity contribution in [1.82, 2.24) is 24.7 Å². The van der Waals surface area contributed by atoms with Gasteiger partial charge in [0.1, 0.15) is 0 Å². The van der Waals surface area contributed by atoms with E-state index in [-0.39, 0.29) is 29.5 Å². The van der Waals surface area contributed by atoms with Crippen LogP contribution in [0.15, 0.2) is 59.5 Å². The summed E-state index contributed by atoms with van der Waals surface area (Å²) in [5.74, 6) is -0.894. The Kier molecular flexibility index (Phi) is 7.85. The highest BCUT2D eigenvalue weighted by atomic mass is 32.2. The second-order valence-corrected chi connectivity index (χ2v) is 10.2. The number of amides is 2. The highest BCUT2D eigenvalue weighted by Crippen LogP contribution is 2.16. The number of rotatable bonds is 9. The lowest BCUT2D eigenvalue weighted by Gasteiger charge is -2.12. The molecule has 3 aromatic rings. The predicted molar refractivity (Wildman–Crippen MR) is 129 cm³/mol. The molecule has 2 amide bonds. The van der Waals surface area contributed by atoms with Crippen LogP contribution in [0.2, 0.25) is 0 Å². The average Bonchev–Trinajstić information content (AvgIpc) is 3.08. The van der Waals surface area contributed by atoms with Crippen LogP contribution in [0.1, 0.15) is 32.9 Å². The number of benzene rings is 2. The summed E-state index contributed by atoms with van der Waals surface area (Å²) in [5, 5.41) is 9.92. The number of hydrogen-bond acceptors (Lipinski definition) is 5. The molecule has 10 heteroatoms. The summed E-state index contributed by atoms with van der Waals surface area (Å²) in [7, 11) is -0.828. The maximum atomic E-state index is 12.4. The summed E-state index contributed by atoms with van der Waals surface area (Å²) in [6, 6.07) is 15.7. The van der Waals surface area contributed by atoms with Crippen molar-refractivity contribution in [3.05, 3.63) is 82.7 Å². The van der Waals surface area contributed by atoms with Crippen LogP contribution in [0.3, 0.4) is 0 Å². The monoisotopic (exact) mass is 483 g/mol. The zero-order valence-electron chi connectivity index (χ0n) is 19.7. The van der Waals surface area contributed by atoms with E-state index in [9.17, 15) is 18.0 Å². The first kappa shape index (κ1) is 25.1. The first-order valence-electron chi connectivity index (χ1n) is 10.7. The largest absolute Gasteiger partial charge is 0.350 e. The third-order valence-corrected chi connectivity index (χ3v) is 7.26. The maximum absolute atomic E-state index is 12.4. The molecule has 0 spiro atoms. The van der Waals surface area contributed by atoms with Gasteiger partial charge in [-0.15, -0.1) is 0 Å². The lowest BCUT2D eigenvalue weighted by Crippen LogP contribution is -2.36. The quantitative estimate of drug-likeness (QED) is 0.482. The molecule has 0 aliphatic heterocycles. The molecule has 1 heterocycles. The zero-order chi connectivity index (χ0) is 24.9. The van der Waals surface area contributed by atoms with Crippen LogP contribution in [0.5, 0.6) is 0 Å². The van der Waals surface area contributed by atoms with Crippen molar-refractivity contribution < 1.29 is 18.0 Å². The van der Waals surface area contributed by atoms with Crippen molar-refractivity contribution in [2.24, 2.45) is 0 Å². The summed E-state index contributed by atoms with van der Waals surface area (Å²) in [5.41, 5.74) is 4.01. The minimum Gasteiger partial charge on any atom is -0.350 e. The van der Waals surface area contributed by atoms with Gasteiger partial charge in [0.25, 0.3) is 5.91 Å². The van der Waals surface area contributed by atoms with Crippen LogP contribution < -0.4 is 10.6 Å². The molecule has 0 fully saturated rings. The number of nitrogens with zero attached hydrogens (tertiary/aromatic N) is 3. The molecule has 0 radical (unpaired) electrons. The van der Waals surface area contributed by atoms with Gasteiger partial charge in [-0.05, 0) is 37.6 Å². The van der Waals surface area contributed by atoms with Crippen LogP contribution in [0.25, 0.3) is 0 Å². The van der Waals surface area contributed by atoms with Gasteiger partial charge in [0.05, 0.1) is 23.7 Å². The molecule has 1 aromatic heterocycles. The van der Waals surface area contributed by atoms with Gasteiger partial charge >= 0.3 is 0 Å². The molecular weight excluding hydrogens is 454 g/mol. The van der Waals surface area contributed by atoms with Crippen molar-refractivity contribution in [3.63, 3.8) is 0 Å². The van der Waals surface area contributed by atoms with Gasteiger partial charge in [0, 0.05) is 37.5 Å². The van der Waals surface area contributed by atoms with Gasteiger partial charge in [-0.3, -0.25) is 14.3 Å². The van der Waals surface area contributed by atoms with Crippen LogP contribution in [0, 0.1) is 13.8 Å². The van der Waals surface area contributed by atoms with E-state index in [2.05, 4.69) is 15.7 Å². The second kappa shape index (κ2) is 10.6. The molecule has 0 saturated carbocycles. The number of sulfonamides is 1. The van der Waals surface area contributed by atoms with Gasteiger partial charge < -0.3 is 10.6 Å². The smallest absolute Gasteiger partial charge is 0.251 e. The predicted octanol–water partition coefficient (Wildman–Crippen LogP) is 1.84. The topological polar surface area (TPSA) is 113 Å². The first-order valence-corrected chi connectivity index (χ1v) is 12.2. The van der Waals surface area contributed by atoms with E-state index in [1.807, 2.05) is 48.9 Å². The minimum absolute atomic E-state index is 0.00747. The lowest BCUT2D eigenvalue weighted by atomic mass is 10.2. The molecule has 0 bridgehead atoms. The number of carbonyl (C=O) groups is 2. The molecule has 180 valence electrons. The summed E-state index contributed by atoms with van der Waals surface area (Å²) >= 11 is 0. The number of carbonyl (C=O) groups excluding carboxylic acids is 2. The van der Waals surface area contributed by atoms with Crippen LogP contribution in [-0.4, -0.2) is 55.0 Å². The normalized spacial score (nSPS) is 11.4. The molecule has 0 atom stereocenters. The van der Waals surface area contributed by atoms with E-state index in [1.165, 1.54) is 38.4 Å². The van der Waals surface area contributed by atoms with E-state index in [4.69, 9.17) is 0 Å². The van der Waals surface area contributed by atoms with Crippen molar-refractivity contribution in [1.29, 1.82) is 0 Å². The molecule has 9 nitrogen and oxygen atoms in total. The number of nitrogens with one attached hydrogen (secondary N) is 2. The molecule has 2 aromatic carbocycles. The average molecular weight is 484 g/mol. The summed E-state index contributed by atoms with van der Waals surface area (Å²) in [6.07, 6.45) is 0. The van der Waals surface area contributed by atoms with E-state index >= 15 is 0 Å². The Balaban J connectivity index is 1.57. The summed E-state index contributed by atoms with van der Waals surface area (Å²) in [6.45, 7) is 4.55. The van der Waals surface area contributed by atoms with Gasteiger partial charge in [0.15, 0.2) is 0 Å². The lowest BCUT2D eigenvalue weighted by molar-refractivity contribution is -0.120. The van der Waals surface area contributed by atoms with Gasteiger partial charge in [-0.25, -0.2) is 12.7 Å². The van der Waals surface area contributed by atoms with E-state index in [0.29, 0.717) is 6.54 Å². The Bertz CT molecular complexity index is 1280. The summed E-state index contributed by atoms with van der Waals surface area (Å²) < 4.78 is 27.5. The van der Waals surface area contributed by atoms with Crippen LogP contribution >= 0.6 is 0 Å². The standard InChI is InChI=1S/C24H29N5O4S/c1-17-22(18(2)29(27-17)16-19-9-6-5-7-10-19)14-25-23(30)15-26-24(31)20-11-8-12-21(13-20)34(32,33)28(3)4/h5-13H,14-16H2,1-4H3,(H,25,30)(H,26,31). The maximum Gasteiger partial charge on any atom is 0.251 e. The molecule has 3 rings (SSSR count). The molecule has 0 aliphatic rings. The fourth-order valence-electron chi connectivity index (χ4n) is 3.42. The Morgan fingerprint density at radius 3 is 2.38 bits per heavy atom. The number of hydrogen-bond donors (Lipinski definition) is 2. The van der Waals surface area contributed by atoms with Gasteiger partial charge in [-0.1, -0.05) is 36.4 Å². The van der Waals surface area contributed by atoms with Crippen molar-refractivity contribution in [2.45, 2.75) is 31.8 Å². The third-order valence-electron chi connectivity index (χ3n) is 5.45. The van der Waals surface area contributed by atoms with Crippen molar-refractivity contribution in [3.8, 4) is 0 Å². The highest BCUT2D eigenvalue weighted by molar-refractivity contribution is 7.89. The molecule has 2 N–H and O–H groups in total. The molecular formula is C24H29N5O4S. The Morgan fingerprint density at radius 1 is 1.00 bits per heavy atom. The van der Waals surface area contributed by atoms with Crippen LogP contribution in [0.4, 0.5) is 0 Å². The second-order valence-electron chi connectivity index (χ2n) is 8.07. The van der Waals surface area contributed by atoms with E-state index in [0.717, 1.165) is 26.8 Å². The van der Waals surface area contributed by atoms with Crippen molar-refractivity contribution in [2.75, 3.05) is 20.6 Å². The molecule has 0 saturated heterocycles. The number of aryl methyl sites for hydroxylation is 1. The van der Waals surface area contributed by atoms with Crippen LogP contribution in [-0.2, 0) is 27.9 Å². The molecule has 34 heavy (non-hydrogen) atoms.